The van der Waals surface area contributed by atoms with Gasteiger partial charge in [-0.15, -0.1) is 0 Å². The van der Waals surface area contributed by atoms with Crippen molar-refractivity contribution >= 4 is 11.5 Å². The first-order valence-electron chi connectivity index (χ1n) is 13.4. The van der Waals surface area contributed by atoms with Gasteiger partial charge in [-0.1, -0.05) is 19.9 Å². The third-order valence-corrected chi connectivity index (χ3v) is 7.36. The number of nitrogens with zero attached hydrogens (tertiary/aromatic N) is 3. The summed E-state index contributed by atoms with van der Waals surface area (Å²) in [6, 6.07) is 2.57. The number of likely N-dealkylation sites (tertiary alicyclic amines) is 1. The quantitative estimate of drug-likeness (QED) is 0.199. The Labute approximate surface area is 225 Å². The SMILES string of the molecule is CC/C=C(\C=C(/CCC)OC1CC(C(=O)N2C(c3cc(F)cc(F)c3)CCC2(C)O)C1)c1cnn(C(F)F)c1. The molecule has 0 radical (unpaired) electrons. The van der Waals surface area contributed by atoms with Crippen LogP contribution in [0, 0.1) is 17.6 Å². The first-order valence-corrected chi connectivity index (χ1v) is 13.4. The van der Waals surface area contributed by atoms with E-state index in [1.54, 1.807) is 6.92 Å². The van der Waals surface area contributed by atoms with Crippen LogP contribution in [0.3, 0.4) is 0 Å². The molecule has 2 aliphatic rings. The number of hydrogen-bond donors (Lipinski definition) is 1. The summed E-state index contributed by atoms with van der Waals surface area (Å²) in [7, 11) is 0. The van der Waals surface area contributed by atoms with Gasteiger partial charge in [-0.3, -0.25) is 4.79 Å². The second-order valence-corrected chi connectivity index (χ2v) is 10.5. The normalized spacial score (nSPS) is 25.8. The number of alkyl halides is 2. The van der Waals surface area contributed by atoms with Crippen molar-refractivity contribution < 1.29 is 32.2 Å². The smallest absolute Gasteiger partial charge is 0.333 e. The molecular formula is C29H35F4N3O3. The fourth-order valence-electron chi connectivity index (χ4n) is 5.40. The molecule has 1 N–H and O–H groups in total. The van der Waals surface area contributed by atoms with E-state index < -0.39 is 35.9 Å². The minimum Gasteiger partial charge on any atom is -0.495 e. The molecule has 1 aliphatic carbocycles. The minimum absolute atomic E-state index is 0.221. The third-order valence-electron chi connectivity index (χ3n) is 7.36. The molecule has 2 atom stereocenters. The fraction of sp³-hybridized carbons (Fsp3) is 0.517. The molecule has 1 aliphatic heterocycles. The molecule has 39 heavy (non-hydrogen) atoms. The summed E-state index contributed by atoms with van der Waals surface area (Å²) < 4.78 is 60.6. The molecule has 2 aromatic rings. The van der Waals surface area contributed by atoms with E-state index in [0.717, 1.165) is 18.1 Å². The van der Waals surface area contributed by atoms with Crippen LogP contribution < -0.4 is 0 Å². The van der Waals surface area contributed by atoms with Gasteiger partial charge in [0.1, 0.15) is 17.4 Å². The lowest BCUT2D eigenvalue weighted by Gasteiger charge is -2.42. The maximum Gasteiger partial charge on any atom is 0.333 e. The van der Waals surface area contributed by atoms with Gasteiger partial charge < -0.3 is 14.7 Å². The molecule has 1 aromatic heterocycles. The molecule has 1 amide bonds. The monoisotopic (exact) mass is 549 g/mol. The maximum atomic E-state index is 13.9. The van der Waals surface area contributed by atoms with Crippen LogP contribution in [0.15, 0.2) is 48.5 Å². The number of allylic oxidation sites excluding steroid dienone is 4. The van der Waals surface area contributed by atoms with Gasteiger partial charge in [-0.05, 0) is 74.8 Å². The van der Waals surface area contributed by atoms with E-state index in [2.05, 4.69) is 5.10 Å². The average Bonchev–Trinajstić information content (AvgIpc) is 3.44. The Balaban J connectivity index is 1.45. The number of ether oxygens (including phenoxy) is 1. The Kier molecular flexibility index (Phi) is 8.83. The van der Waals surface area contributed by atoms with Gasteiger partial charge in [0.15, 0.2) is 0 Å². The van der Waals surface area contributed by atoms with E-state index in [0.29, 0.717) is 60.1 Å². The first kappa shape index (κ1) is 28.9. The summed E-state index contributed by atoms with van der Waals surface area (Å²) in [5.41, 5.74) is 0.196. The van der Waals surface area contributed by atoms with Crippen LogP contribution in [0.2, 0.25) is 0 Å². The van der Waals surface area contributed by atoms with Gasteiger partial charge in [0.05, 0.1) is 24.1 Å². The summed E-state index contributed by atoms with van der Waals surface area (Å²) >= 11 is 0. The average molecular weight is 550 g/mol. The van der Waals surface area contributed by atoms with E-state index in [-0.39, 0.29) is 12.0 Å². The van der Waals surface area contributed by atoms with Gasteiger partial charge in [0.25, 0.3) is 0 Å². The molecule has 6 nitrogen and oxygen atoms in total. The highest BCUT2D eigenvalue weighted by molar-refractivity contribution is 5.81. The van der Waals surface area contributed by atoms with Gasteiger partial charge in [-0.25, -0.2) is 13.5 Å². The largest absolute Gasteiger partial charge is 0.495 e. The number of rotatable bonds is 10. The van der Waals surface area contributed by atoms with Crippen molar-refractivity contribution in [3.8, 4) is 0 Å². The van der Waals surface area contributed by atoms with Gasteiger partial charge >= 0.3 is 6.55 Å². The van der Waals surface area contributed by atoms with Gasteiger partial charge in [-0.2, -0.15) is 13.9 Å². The van der Waals surface area contributed by atoms with E-state index >= 15 is 0 Å². The minimum atomic E-state index is -2.72. The van der Waals surface area contributed by atoms with E-state index in [1.165, 1.54) is 29.4 Å². The molecule has 0 bridgehead atoms. The number of aromatic nitrogens is 2. The summed E-state index contributed by atoms with van der Waals surface area (Å²) in [5.74, 6) is -1.42. The molecule has 2 unspecified atom stereocenters. The van der Waals surface area contributed by atoms with Crippen molar-refractivity contribution in [2.45, 2.75) is 90.1 Å². The van der Waals surface area contributed by atoms with E-state index in [4.69, 9.17) is 4.74 Å². The molecule has 1 aromatic carbocycles. The van der Waals surface area contributed by atoms with Gasteiger partial charge in [0.2, 0.25) is 5.91 Å². The highest BCUT2D eigenvalue weighted by atomic mass is 19.3. The topological polar surface area (TPSA) is 67.6 Å². The molecule has 4 rings (SSSR count). The van der Waals surface area contributed by atoms with E-state index in [9.17, 15) is 27.5 Å². The van der Waals surface area contributed by atoms with Crippen molar-refractivity contribution in [2.24, 2.45) is 5.92 Å². The van der Waals surface area contributed by atoms with Gasteiger partial charge in [0, 0.05) is 30.2 Å². The van der Waals surface area contributed by atoms with Crippen LogP contribution in [0.5, 0.6) is 0 Å². The van der Waals surface area contributed by atoms with Crippen molar-refractivity contribution in [2.75, 3.05) is 0 Å². The Morgan fingerprint density at radius 3 is 2.51 bits per heavy atom. The molecule has 212 valence electrons. The third kappa shape index (κ3) is 6.54. The predicted octanol–water partition coefficient (Wildman–Crippen LogP) is 6.90. The first-order chi connectivity index (χ1) is 18.5. The molecule has 0 spiro atoms. The van der Waals surface area contributed by atoms with E-state index in [1.807, 2.05) is 26.0 Å². The standard InChI is InChI=1S/C29H35F4N3O3/c1-4-6-18(21-16-34-35(17-21)28(32)33)12-24(7-5-2)39-25-13-20(14-25)27(37)36-26(8-9-29(36,3)38)19-10-22(30)15-23(31)11-19/h6,10-12,15-17,20,25-26,28,38H,4-5,7-9,13-14H2,1-3H3/b18-6+,24-12+. The molecule has 1 saturated heterocycles. The molecule has 10 heteroatoms. The van der Waals surface area contributed by atoms with Crippen LogP contribution in [-0.2, 0) is 9.53 Å². The Hall–Kier alpha value is -3.14. The van der Waals surface area contributed by atoms with Crippen molar-refractivity contribution in [3.63, 3.8) is 0 Å². The zero-order valence-corrected chi connectivity index (χ0v) is 22.4. The second-order valence-electron chi connectivity index (χ2n) is 10.5. The summed E-state index contributed by atoms with van der Waals surface area (Å²) in [5, 5.41) is 14.7. The van der Waals surface area contributed by atoms with Crippen molar-refractivity contribution in [3.05, 3.63) is 71.3 Å². The number of carbonyl (C=O) groups is 1. The maximum absolute atomic E-state index is 13.9. The predicted molar refractivity (Wildman–Crippen MR) is 138 cm³/mol. The van der Waals surface area contributed by atoms with Crippen LogP contribution in [0.4, 0.5) is 17.6 Å². The Bertz CT molecular complexity index is 1210. The lowest BCUT2D eigenvalue weighted by Crippen LogP contribution is -2.52. The highest BCUT2D eigenvalue weighted by Crippen LogP contribution is 2.45. The van der Waals surface area contributed by atoms with Crippen LogP contribution >= 0.6 is 0 Å². The van der Waals surface area contributed by atoms with Crippen molar-refractivity contribution in [1.29, 1.82) is 0 Å². The zero-order valence-electron chi connectivity index (χ0n) is 22.4. The van der Waals surface area contributed by atoms with Crippen LogP contribution in [0.1, 0.15) is 89.4 Å². The zero-order chi connectivity index (χ0) is 28.3. The summed E-state index contributed by atoms with van der Waals surface area (Å²) in [6.45, 7) is 2.78. The lowest BCUT2D eigenvalue weighted by atomic mass is 9.80. The highest BCUT2D eigenvalue weighted by Gasteiger charge is 2.49. The lowest BCUT2D eigenvalue weighted by molar-refractivity contribution is -0.165. The Morgan fingerprint density at radius 2 is 1.92 bits per heavy atom. The molecular weight excluding hydrogens is 514 g/mol. The number of aliphatic hydroxyl groups is 1. The number of halogens is 4. The van der Waals surface area contributed by atoms with Crippen LogP contribution in [0.25, 0.3) is 5.57 Å². The molecule has 2 heterocycles. The summed E-state index contributed by atoms with van der Waals surface area (Å²) in [4.78, 5) is 14.9. The number of carbonyl (C=O) groups excluding carboxylic acids is 1. The fourth-order valence-corrected chi connectivity index (χ4v) is 5.40. The second kappa shape index (κ2) is 11.9. The number of benzene rings is 1. The Morgan fingerprint density at radius 1 is 1.23 bits per heavy atom. The number of hydrogen-bond acceptors (Lipinski definition) is 4. The van der Waals surface area contributed by atoms with Crippen LogP contribution in [-0.4, -0.2) is 37.5 Å². The molecule has 2 fully saturated rings. The summed E-state index contributed by atoms with van der Waals surface area (Å²) in [6.07, 6.45) is 9.93. The number of amides is 1. The molecule has 1 saturated carbocycles. The van der Waals surface area contributed by atoms with Crippen molar-refractivity contribution in [1.82, 2.24) is 14.7 Å².